The number of piperidine rings is 1. The molecular weight excluding hydrogens is 356 g/mol. The summed E-state index contributed by atoms with van der Waals surface area (Å²) < 4.78 is 23.2. The second kappa shape index (κ2) is 5.88. The van der Waals surface area contributed by atoms with Crippen LogP contribution in [0.3, 0.4) is 0 Å². The smallest absolute Gasteiger partial charge is 0.272 e. The summed E-state index contributed by atoms with van der Waals surface area (Å²) in [6, 6.07) is 1.48. The minimum Gasteiger partial charge on any atom is -0.338 e. The first-order chi connectivity index (χ1) is 8.95. The maximum atomic E-state index is 12.2. The van der Waals surface area contributed by atoms with Crippen molar-refractivity contribution in [3.8, 4) is 0 Å². The van der Waals surface area contributed by atoms with Crippen molar-refractivity contribution in [2.75, 3.05) is 13.1 Å². The quantitative estimate of drug-likeness (QED) is 0.796. The third kappa shape index (κ3) is 3.16. The van der Waals surface area contributed by atoms with Crippen LogP contribution in [0.2, 0.25) is 0 Å². The van der Waals surface area contributed by atoms with Gasteiger partial charge in [-0.05, 0) is 41.3 Å². The van der Waals surface area contributed by atoms with E-state index in [1.54, 1.807) is 4.90 Å². The van der Waals surface area contributed by atoms with E-state index in [0.717, 1.165) is 30.6 Å². The van der Waals surface area contributed by atoms with Crippen LogP contribution in [-0.4, -0.2) is 37.5 Å². The number of rotatable bonds is 3. The molecule has 6 nitrogen and oxygen atoms in total. The SMILES string of the molecule is O=C(c1cc(Br)c(S(=O)(=O)NO)s1)N1CCCCC1. The number of likely N-dealkylation sites (tertiary alicyclic amines) is 1. The van der Waals surface area contributed by atoms with Crippen molar-refractivity contribution in [1.29, 1.82) is 0 Å². The minimum atomic E-state index is -3.97. The Morgan fingerprint density at radius 2 is 2.00 bits per heavy atom. The summed E-state index contributed by atoms with van der Waals surface area (Å²) in [6.45, 7) is 1.41. The van der Waals surface area contributed by atoms with E-state index < -0.39 is 10.0 Å². The number of sulfonamides is 1. The second-order valence-corrected chi connectivity index (χ2v) is 7.96. The zero-order valence-electron chi connectivity index (χ0n) is 9.93. The number of halogens is 1. The van der Waals surface area contributed by atoms with E-state index >= 15 is 0 Å². The molecule has 2 heterocycles. The molecule has 0 aliphatic carbocycles. The fraction of sp³-hybridized carbons (Fsp3) is 0.500. The molecule has 9 heteroatoms. The van der Waals surface area contributed by atoms with Gasteiger partial charge in [0.2, 0.25) is 0 Å². The molecule has 0 aromatic carbocycles. The molecule has 0 unspecified atom stereocenters. The Morgan fingerprint density at radius 1 is 1.37 bits per heavy atom. The van der Waals surface area contributed by atoms with Crippen molar-refractivity contribution in [1.82, 2.24) is 9.79 Å². The van der Waals surface area contributed by atoms with Crippen molar-refractivity contribution in [2.45, 2.75) is 23.5 Å². The summed E-state index contributed by atoms with van der Waals surface area (Å²) in [5.41, 5.74) is 0. The molecule has 2 rings (SSSR count). The Hall–Kier alpha value is -0.480. The maximum Gasteiger partial charge on any atom is 0.272 e. The largest absolute Gasteiger partial charge is 0.338 e. The number of nitrogens with zero attached hydrogens (tertiary/aromatic N) is 1. The van der Waals surface area contributed by atoms with Gasteiger partial charge >= 0.3 is 0 Å². The highest BCUT2D eigenvalue weighted by molar-refractivity contribution is 9.10. The first-order valence-corrected chi connectivity index (χ1v) is 8.79. The molecule has 0 radical (unpaired) electrons. The zero-order chi connectivity index (χ0) is 14.0. The molecule has 106 valence electrons. The third-order valence-corrected chi connectivity index (χ3v) is 6.80. The highest BCUT2D eigenvalue weighted by Crippen LogP contribution is 2.32. The predicted octanol–water partition coefficient (Wildman–Crippen LogP) is 1.80. The van der Waals surface area contributed by atoms with Gasteiger partial charge in [-0.1, -0.05) is 4.89 Å². The predicted molar refractivity (Wildman–Crippen MR) is 73.9 cm³/mol. The number of hydrogen-bond acceptors (Lipinski definition) is 5. The Kier molecular flexibility index (Phi) is 4.62. The minimum absolute atomic E-state index is 0.102. The van der Waals surface area contributed by atoms with Crippen LogP contribution in [0.15, 0.2) is 14.7 Å². The topological polar surface area (TPSA) is 86.7 Å². The summed E-state index contributed by atoms with van der Waals surface area (Å²) in [7, 11) is -3.97. The van der Waals surface area contributed by atoms with E-state index in [0.29, 0.717) is 18.0 Å². The fourth-order valence-electron chi connectivity index (χ4n) is 1.94. The molecule has 1 amide bonds. The van der Waals surface area contributed by atoms with Gasteiger partial charge in [-0.3, -0.25) is 4.79 Å². The Morgan fingerprint density at radius 3 is 2.58 bits per heavy atom. The van der Waals surface area contributed by atoms with Gasteiger partial charge in [0.15, 0.2) is 4.21 Å². The average Bonchev–Trinajstić information content (AvgIpc) is 2.82. The third-order valence-electron chi connectivity index (χ3n) is 2.87. The highest BCUT2D eigenvalue weighted by atomic mass is 79.9. The van der Waals surface area contributed by atoms with Crippen molar-refractivity contribution < 1.29 is 18.4 Å². The number of amides is 1. The number of carbonyl (C=O) groups excluding carboxylic acids is 1. The normalized spacial score (nSPS) is 16.6. The van der Waals surface area contributed by atoms with Gasteiger partial charge in [0.05, 0.1) is 4.88 Å². The van der Waals surface area contributed by atoms with Crippen LogP contribution in [0.25, 0.3) is 0 Å². The molecular formula is C10H13BrN2O4S2. The molecule has 1 saturated heterocycles. The first kappa shape index (κ1) is 14.9. The van der Waals surface area contributed by atoms with Gasteiger partial charge in [0, 0.05) is 17.6 Å². The van der Waals surface area contributed by atoms with Gasteiger partial charge in [-0.2, -0.15) is 0 Å². The number of hydrogen-bond donors (Lipinski definition) is 2. The summed E-state index contributed by atoms with van der Waals surface area (Å²) in [6.07, 6.45) is 3.06. The van der Waals surface area contributed by atoms with Gasteiger partial charge < -0.3 is 10.1 Å². The fourth-order valence-corrected chi connectivity index (χ4v) is 5.17. The van der Waals surface area contributed by atoms with Crippen LogP contribution < -0.4 is 4.89 Å². The van der Waals surface area contributed by atoms with Crippen LogP contribution in [0.4, 0.5) is 0 Å². The lowest BCUT2D eigenvalue weighted by Gasteiger charge is -2.26. The Labute approximate surface area is 123 Å². The molecule has 0 atom stereocenters. The molecule has 1 aromatic rings. The number of carbonyl (C=O) groups is 1. The van der Waals surface area contributed by atoms with Crippen LogP contribution in [0, 0.1) is 0 Å². The standard InChI is InChI=1S/C10H13BrN2O4S2/c11-7-6-8(18-10(7)19(16,17)12-15)9(14)13-4-2-1-3-5-13/h6,12,15H,1-5H2. The molecule has 1 aliphatic heterocycles. The van der Waals surface area contributed by atoms with Crippen molar-refractivity contribution in [3.05, 3.63) is 15.4 Å². The maximum absolute atomic E-state index is 12.2. The van der Waals surface area contributed by atoms with E-state index in [1.165, 1.54) is 11.0 Å². The van der Waals surface area contributed by atoms with Gasteiger partial charge in [0.25, 0.3) is 15.9 Å². The molecule has 19 heavy (non-hydrogen) atoms. The summed E-state index contributed by atoms with van der Waals surface area (Å²) in [5.74, 6) is -0.162. The molecule has 0 bridgehead atoms. The van der Waals surface area contributed by atoms with Crippen molar-refractivity contribution in [2.24, 2.45) is 0 Å². The Bertz CT molecular complexity index is 578. The molecule has 1 fully saturated rings. The lowest BCUT2D eigenvalue weighted by molar-refractivity contribution is 0.0729. The lowest BCUT2D eigenvalue weighted by atomic mass is 10.1. The van der Waals surface area contributed by atoms with E-state index in [9.17, 15) is 13.2 Å². The molecule has 0 saturated carbocycles. The molecule has 0 spiro atoms. The lowest BCUT2D eigenvalue weighted by Crippen LogP contribution is -2.35. The summed E-state index contributed by atoms with van der Waals surface area (Å²) in [5, 5.41) is 8.62. The van der Waals surface area contributed by atoms with E-state index in [-0.39, 0.29) is 14.6 Å². The summed E-state index contributed by atoms with van der Waals surface area (Å²) >= 11 is 3.94. The van der Waals surface area contributed by atoms with E-state index in [4.69, 9.17) is 5.21 Å². The molecule has 1 aliphatic rings. The first-order valence-electron chi connectivity index (χ1n) is 5.70. The van der Waals surface area contributed by atoms with E-state index in [2.05, 4.69) is 15.9 Å². The average molecular weight is 369 g/mol. The summed E-state index contributed by atoms with van der Waals surface area (Å²) in [4.78, 5) is 15.6. The number of thiophene rings is 1. The van der Waals surface area contributed by atoms with E-state index in [1.807, 2.05) is 0 Å². The van der Waals surface area contributed by atoms with Gasteiger partial charge in [-0.15, -0.1) is 11.3 Å². The monoisotopic (exact) mass is 368 g/mol. The van der Waals surface area contributed by atoms with Crippen LogP contribution in [-0.2, 0) is 10.0 Å². The van der Waals surface area contributed by atoms with Gasteiger partial charge in [-0.25, -0.2) is 8.42 Å². The van der Waals surface area contributed by atoms with Crippen LogP contribution in [0.1, 0.15) is 28.9 Å². The van der Waals surface area contributed by atoms with Crippen LogP contribution in [0.5, 0.6) is 0 Å². The van der Waals surface area contributed by atoms with Crippen molar-refractivity contribution in [3.63, 3.8) is 0 Å². The number of nitrogens with one attached hydrogen (secondary N) is 1. The van der Waals surface area contributed by atoms with Gasteiger partial charge in [0.1, 0.15) is 0 Å². The Balaban J connectivity index is 2.27. The van der Waals surface area contributed by atoms with Crippen molar-refractivity contribution >= 4 is 43.2 Å². The van der Waals surface area contributed by atoms with Crippen LogP contribution >= 0.6 is 27.3 Å². The zero-order valence-corrected chi connectivity index (χ0v) is 13.1. The highest BCUT2D eigenvalue weighted by Gasteiger charge is 2.26. The second-order valence-electron chi connectivity index (χ2n) is 4.19. The molecule has 1 aromatic heterocycles. The molecule has 2 N–H and O–H groups in total.